The van der Waals surface area contributed by atoms with Crippen molar-refractivity contribution in [3.8, 4) is 5.75 Å². The van der Waals surface area contributed by atoms with Crippen LogP contribution in [-0.4, -0.2) is 17.1 Å². The van der Waals surface area contributed by atoms with E-state index in [1.54, 1.807) is 0 Å². The summed E-state index contributed by atoms with van der Waals surface area (Å²) in [4.78, 5) is 12.3. The Morgan fingerprint density at radius 1 is 1.14 bits per heavy atom. The molecule has 1 heterocycles. The molecule has 3 rings (SSSR count). The van der Waals surface area contributed by atoms with E-state index in [0.29, 0.717) is 6.42 Å². The number of para-hydroxylation sites is 2. The molecule has 0 saturated carbocycles. The highest BCUT2D eigenvalue weighted by Crippen LogP contribution is 2.31. The van der Waals surface area contributed by atoms with Crippen LogP contribution >= 0.6 is 0 Å². The molecule has 2 unspecified atom stereocenters. The first-order valence-corrected chi connectivity index (χ1v) is 7.30. The van der Waals surface area contributed by atoms with Gasteiger partial charge in [-0.15, -0.1) is 0 Å². The Kier molecular flexibility index (Phi) is 4.09. The molecule has 5 heteroatoms. The number of amides is 1. The van der Waals surface area contributed by atoms with Gasteiger partial charge in [0.15, 0.2) is 0 Å². The predicted octanol–water partition coefficient (Wildman–Crippen LogP) is 2.25. The van der Waals surface area contributed by atoms with E-state index < -0.39 is 0 Å². The molecule has 4 N–H and O–H groups in total. The first-order chi connectivity index (χ1) is 10.6. The molecule has 0 aromatic heterocycles. The molecule has 2 aromatic rings. The highest BCUT2D eigenvalue weighted by Gasteiger charge is 2.31. The number of hydrogen-bond acceptors (Lipinski definition) is 4. The number of phenolic OH excluding ortho intramolecular Hbond substituents is 1. The lowest BCUT2D eigenvalue weighted by molar-refractivity contribution is -0.117. The molecular weight excluding hydrogens is 278 g/mol. The monoisotopic (exact) mass is 297 g/mol. The summed E-state index contributed by atoms with van der Waals surface area (Å²) >= 11 is 0. The zero-order valence-corrected chi connectivity index (χ0v) is 12.3. The number of hydrogen-bond donors (Lipinski definition) is 4. The van der Waals surface area contributed by atoms with Crippen LogP contribution in [0.25, 0.3) is 0 Å². The third-order valence-corrected chi connectivity index (χ3v) is 3.91. The summed E-state index contributed by atoms with van der Waals surface area (Å²) in [5.41, 5.74) is 8.50. The Morgan fingerprint density at radius 3 is 2.68 bits per heavy atom. The number of rotatable bonds is 3. The number of hydrazine groups is 1. The number of anilines is 1. The lowest BCUT2D eigenvalue weighted by atomic mass is 9.99. The number of carbonyl (C=O) groups is 1. The zero-order chi connectivity index (χ0) is 15.5. The first kappa shape index (κ1) is 14.6. The van der Waals surface area contributed by atoms with Gasteiger partial charge in [0.25, 0.3) is 0 Å². The summed E-state index contributed by atoms with van der Waals surface area (Å²) in [5, 5.41) is 13.0. The van der Waals surface area contributed by atoms with Gasteiger partial charge in [0.2, 0.25) is 5.91 Å². The average molecular weight is 297 g/mol. The minimum absolute atomic E-state index is 0.0895. The van der Waals surface area contributed by atoms with Crippen molar-refractivity contribution in [2.24, 2.45) is 0 Å². The standard InChI is InChI=1S/C17H19N3O2/c1-11-6-5-9-13(16(11)21)14-10-15(20-19-14)17(22)18-12-7-3-2-4-8-12/h2-9,14-15,19-21H,10H2,1H3,(H,18,22). The molecule has 1 saturated heterocycles. The third kappa shape index (κ3) is 2.95. The minimum atomic E-state index is -0.342. The number of carbonyl (C=O) groups excluding carboxylic acids is 1. The predicted molar refractivity (Wildman–Crippen MR) is 85.3 cm³/mol. The maximum Gasteiger partial charge on any atom is 0.242 e. The lowest BCUT2D eigenvalue weighted by Gasteiger charge is -2.13. The zero-order valence-electron chi connectivity index (χ0n) is 12.3. The molecule has 0 spiro atoms. The van der Waals surface area contributed by atoms with E-state index >= 15 is 0 Å². The van der Waals surface area contributed by atoms with Crippen molar-refractivity contribution in [1.82, 2.24) is 10.9 Å². The molecule has 1 fully saturated rings. The van der Waals surface area contributed by atoms with Gasteiger partial charge in [-0.2, -0.15) is 0 Å². The second kappa shape index (κ2) is 6.17. The fourth-order valence-electron chi connectivity index (χ4n) is 2.65. The fraction of sp³-hybridized carbons (Fsp3) is 0.235. The molecule has 0 bridgehead atoms. The SMILES string of the molecule is Cc1cccc(C2CC(C(=O)Nc3ccccc3)NN2)c1O. The molecule has 5 nitrogen and oxygen atoms in total. The van der Waals surface area contributed by atoms with Gasteiger partial charge in [0, 0.05) is 11.3 Å². The molecule has 1 aliphatic rings. The summed E-state index contributed by atoms with van der Waals surface area (Å²) in [6.45, 7) is 1.86. The quantitative estimate of drug-likeness (QED) is 0.701. The van der Waals surface area contributed by atoms with E-state index in [2.05, 4.69) is 16.2 Å². The van der Waals surface area contributed by atoms with Crippen molar-refractivity contribution in [2.75, 3.05) is 5.32 Å². The van der Waals surface area contributed by atoms with Crippen molar-refractivity contribution >= 4 is 11.6 Å². The minimum Gasteiger partial charge on any atom is -0.507 e. The van der Waals surface area contributed by atoms with Gasteiger partial charge < -0.3 is 10.4 Å². The smallest absolute Gasteiger partial charge is 0.242 e. The molecule has 0 radical (unpaired) electrons. The van der Waals surface area contributed by atoms with Crippen LogP contribution in [-0.2, 0) is 4.79 Å². The molecule has 0 aliphatic carbocycles. The fourth-order valence-corrected chi connectivity index (χ4v) is 2.65. The van der Waals surface area contributed by atoms with E-state index in [1.165, 1.54) is 0 Å². The lowest BCUT2D eigenvalue weighted by Crippen LogP contribution is -2.39. The first-order valence-electron chi connectivity index (χ1n) is 7.30. The van der Waals surface area contributed by atoms with Crippen LogP contribution in [0.4, 0.5) is 5.69 Å². The van der Waals surface area contributed by atoms with Crippen LogP contribution in [0.2, 0.25) is 0 Å². The molecule has 1 amide bonds. The Labute approximate surface area is 129 Å². The van der Waals surface area contributed by atoms with Crippen LogP contribution in [0.15, 0.2) is 48.5 Å². The molecule has 2 atom stereocenters. The number of benzene rings is 2. The normalized spacial score (nSPS) is 20.8. The van der Waals surface area contributed by atoms with E-state index in [9.17, 15) is 9.90 Å². The molecular formula is C17H19N3O2. The molecule has 22 heavy (non-hydrogen) atoms. The second-order valence-corrected chi connectivity index (χ2v) is 5.50. The van der Waals surface area contributed by atoms with Crippen molar-refractivity contribution in [3.63, 3.8) is 0 Å². The van der Waals surface area contributed by atoms with Crippen LogP contribution in [0.1, 0.15) is 23.6 Å². The molecule has 1 aliphatic heterocycles. The van der Waals surface area contributed by atoms with Crippen LogP contribution in [0, 0.1) is 6.92 Å². The summed E-state index contributed by atoms with van der Waals surface area (Å²) in [6, 6.07) is 14.6. The van der Waals surface area contributed by atoms with E-state index in [0.717, 1.165) is 16.8 Å². The van der Waals surface area contributed by atoms with Gasteiger partial charge in [0.05, 0.1) is 6.04 Å². The van der Waals surface area contributed by atoms with Crippen molar-refractivity contribution in [2.45, 2.75) is 25.4 Å². The Hall–Kier alpha value is -2.37. The largest absolute Gasteiger partial charge is 0.507 e. The number of phenols is 1. The second-order valence-electron chi connectivity index (χ2n) is 5.50. The van der Waals surface area contributed by atoms with Crippen LogP contribution in [0.5, 0.6) is 5.75 Å². The van der Waals surface area contributed by atoms with Crippen LogP contribution < -0.4 is 16.2 Å². The summed E-state index contributed by atoms with van der Waals surface area (Å²) in [6.07, 6.45) is 0.579. The Bertz CT molecular complexity index is 673. The van der Waals surface area contributed by atoms with E-state index in [-0.39, 0.29) is 23.7 Å². The van der Waals surface area contributed by atoms with Crippen molar-refractivity contribution in [1.29, 1.82) is 0 Å². The summed E-state index contributed by atoms with van der Waals surface area (Å²) in [5.74, 6) is 0.194. The Morgan fingerprint density at radius 2 is 1.91 bits per heavy atom. The topological polar surface area (TPSA) is 73.4 Å². The number of nitrogens with one attached hydrogen (secondary N) is 3. The van der Waals surface area contributed by atoms with Gasteiger partial charge in [-0.3, -0.25) is 4.79 Å². The van der Waals surface area contributed by atoms with Gasteiger partial charge >= 0.3 is 0 Å². The number of aryl methyl sites for hydroxylation is 1. The van der Waals surface area contributed by atoms with Gasteiger partial charge in [-0.1, -0.05) is 36.4 Å². The van der Waals surface area contributed by atoms with Crippen molar-refractivity contribution in [3.05, 3.63) is 59.7 Å². The van der Waals surface area contributed by atoms with E-state index in [1.807, 2.05) is 55.5 Å². The van der Waals surface area contributed by atoms with Gasteiger partial charge in [0.1, 0.15) is 11.8 Å². The highest BCUT2D eigenvalue weighted by molar-refractivity contribution is 5.95. The average Bonchev–Trinajstić information content (AvgIpc) is 3.01. The highest BCUT2D eigenvalue weighted by atomic mass is 16.3. The maximum atomic E-state index is 12.3. The van der Waals surface area contributed by atoms with E-state index in [4.69, 9.17) is 0 Å². The third-order valence-electron chi connectivity index (χ3n) is 3.91. The molecule has 114 valence electrons. The molecule has 2 aromatic carbocycles. The van der Waals surface area contributed by atoms with Gasteiger partial charge in [-0.25, -0.2) is 10.9 Å². The number of aromatic hydroxyl groups is 1. The summed E-state index contributed by atoms with van der Waals surface area (Å²) in [7, 11) is 0. The van der Waals surface area contributed by atoms with Crippen LogP contribution in [0.3, 0.4) is 0 Å². The van der Waals surface area contributed by atoms with Crippen molar-refractivity contribution < 1.29 is 9.90 Å². The van der Waals surface area contributed by atoms with Gasteiger partial charge in [-0.05, 0) is 31.0 Å². The maximum absolute atomic E-state index is 12.3. The summed E-state index contributed by atoms with van der Waals surface area (Å²) < 4.78 is 0. The Balaban J connectivity index is 1.67.